The van der Waals surface area contributed by atoms with Crippen LogP contribution in [0.1, 0.15) is 13.8 Å². The summed E-state index contributed by atoms with van der Waals surface area (Å²) in [4.78, 5) is 11.7. The van der Waals surface area contributed by atoms with Crippen LogP contribution < -0.4 is 10.0 Å². The van der Waals surface area contributed by atoms with Crippen LogP contribution in [0.4, 0.5) is 11.6 Å². The molecule has 0 radical (unpaired) electrons. The zero-order valence-electron chi connectivity index (χ0n) is 17.7. The number of rotatable bonds is 7. The highest BCUT2D eigenvalue weighted by molar-refractivity contribution is 7.92. The van der Waals surface area contributed by atoms with Gasteiger partial charge in [0.15, 0.2) is 11.6 Å². The Bertz CT molecular complexity index is 1150. The van der Waals surface area contributed by atoms with Crippen molar-refractivity contribution >= 4 is 32.7 Å². The molecule has 1 saturated heterocycles. The maximum atomic E-state index is 12.9. The van der Waals surface area contributed by atoms with E-state index in [-0.39, 0.29) is 16.3 Å². The van der Waals surface area contributed by atoms with E-state index >= 15 is 0 Å². The molecule has 1 aliphatic heterocycles. The molecule has 2 heterocycles. The van der Waals surface area contributed by atoms with Crippen LogP contribution in [0.2, 0.25) is 0 Å². The number of fused-ring (bicyclic) bond motifs is 1. The molecule has 1 fully saturated rings. The number of sulfonamides is 1. The van der Waals surface area contributed by atoms with Crippen LogP contribution in [0.25, 0.3) is 11.0 Å². The van der Waals surface area contributed by atoms with Crippen molar-refractivity contribution in [1.82, 2.24) is 14.9 Å². The molecule has 0 atom stereocenters. The van der Waals surface area contributed by atoms with Crippen LogP contribution >= 0.6 is 0 Å². The average molecular weight is 442 g/mol. The van der Waals surface area contributed by atoms with Gasteiger partial charge in [0.05, 0.1) is 29.1 Å². The zero-order valence-corrected chi connectivity index (χ0v) is 18.5. The number of benzene rings is 2. The second-order valence-electron chi connectivity index (χ2n) is 8.09. The van der Waals surface area contributed by atoms with Crippen molar-refractivity contribution in [1.29, 1.82) is 0 Å². The summed E-state index contributed by atoms with van der Waals surface area (Å²) in [7, 11) is -3.80. The molecule has 0 saturated carbocycles. The van der Waals surface area contributed by atoms with Gasteiger partial charge in [-0.25, -0.2) is 18.4 Å². The molecule has 3 aromatic rings. The number of nitrogens with zero attached hydrogens (tertiary/aromatic N) is 3. The van der Waals surface area contributed by atoms with Crippen LogP contribution in [0.15, 0.2) is 59.5 Å². The average Bonchev–Trinajstić information content (AvgIpc) is 2.78. The molecule has 9 heteroatoms. The molecular formula is C22H27N5O3S. The molecule has 164 valence electrons. The van der Waals surface area contributed by atoms with Gasteiger partial charge in [-0.3, -0.25) is 9.62 Å². The minimum Gasteiger partial charge on any atom is -0.379 e. The van der Waals surface area contributed by atoms with Crippen LogP contribution in [0.3, 0.4) is 0 Å². The minimum atomic E-state index is -3.80. The van der Waals surface area contributed by atoms with Gasteiger partial charge in [0, 0.05) is 25.2 Å². The normalized spacial score (nSPS) is 15.7. The summed E-state index contributed by atoms with van der Waals surface area (Å²) in [6.07, 6.45) is 0. The van der Waals surface area contributed by atoms with E-state index in [0.29, 0.717) is 36.6 Å². The van der Waals surface area contributed by atoms with Gasteiger partial charge < -0.3 is 10.1 Å². The fraction of sp³-hybridized carbons (Fsp3) is 0.364. The first-order valence-electron chi connectivity index (χ1n) is 10.3. The molecule has 0 unspecified atom stereocenters. The fourth-order valence-corrected chi connectivity index (χ4v) is 4.59. The monoisotopic (exact) mass is 441 g/mol. The number of ether oxygens (including phenoxy) is 1. The number of morpholine rings is 1. The molecule has 4 rings (SSSR count). The first-order valence-corrected chi connectivity index (χ1v) is 11.7. The Balaban J connectivity index is 1.64. The Morgan fingerprint density at radius 3 is 2.16 bits per heavy atom. The quantitative estimate of drug-likeness (QED) is 0.582. The maximum Gasteiger partial charge on any atom is 0.263 e. The Morgan fingerprint density at radius 1 is 0.935 bits per heavy atom. The summed E-state index contributed by atoms with van der Waals surface area (Å²) in [6, 6.07) is 15.6. The lowest BCUT2D eigenvalue weighted by Crippen LogP contribution is -2.53. The lowest BCUT2D eigenvalue weighted by atomic mass is 10.0. The van der Waals surface area contributed by atoms with Crippen molar-refractivity contribution in [3.05, 3.63) is 54.6 Å². The molecule has 8 nitrogen and oxygen atoms in total. The molecule has 2 aromatic carbocycles. The van der Waals surface area contributed by atoms with E-state index < -0.39 is 10.0 Å². The number of aromatic nitrogens is 2. The number of anilines is 2. The van der Waals surface area contributed by atoms with Crippen molar-refractivity contribution in [2.24, 2.45) is 0 Å². The standard InChI is InChI=1S/C22H27N5O3S/c1-22(2,27-12-14-30-15-13-27)16-23-20-21(25-19-11-7-6-10-18(19)24-20)26-31(28,29)17-8-4-3-5-9-17/h3-11H,12-16H2,1-2H3,(H,23,24)(H,25,26). The number of hydrogen-bond acceptors (Lipinski definition) is 7. The van der Waals surface area contributed by atoms with Crippen LogP contribution in [-0.2, 0) is 14.8 Å². The first-order chi connectivity index (χ1) is 14.9. The van der Waals surface area contributed by atoms with E-state index in [0.717, 1.165) is 13.1 Å². The molecule has 0 amide bonds. The van der Waals surface area contributed by atoms with Crippen LogP contribution in [0, 0.1) is 0 Å². The molecule has 0 spiro atoms. The minimum absolute atomic E-state index is 0.171. The van der Waals surface area contributed by atoms with Gasteiger partial charge in [0.2, 0.25) is 0 Å². The predicted octanol–water partition coefficient (Wildman–Crippen LogP) is 2.95. The van der Waals surface area contributed by atoms with E-state index in [4.69, 9.17) is 4.74 Å². The zero-order chi connectivity index (χ0) is 21.9. The summed E-state index contributed by atoms with van der Waals surface area (Å²) in [5, 5.41) is 3.33. The first kappa shape index (κ1) is 21.5. The molecule has 31 heavy (non-hydrogen) atoms. The number of para-hydroxylation sites is 2. The van der Waals surface area contributed by atoms with Gasteiger partial charge in [0.25, 0.3) is 10.0 Å². The summed E-state index contributed by atoms with van der Waals surface area (Å²) >= 11 is 0. The lowest BCUT2D eigenvalue weighted by Gasteiger charge is -2.41. The van der Waals surface area contributed by atoms with E-state index in [1.54, 1.807) is 30.3 Å². The Hall–Kier alpha value is -2.75. The van der Waals surface area contributed by atoms with Crippen molar-refractivity contribution in [3.8, 4) is 0 Å². The third-order valence-corrected chi connectivity index (χ3v) is 6.77. The molecule has 1 aromatic heterocycles. The summed E-state index contributed by atoms with van der Waals surface area (Å²) < 4.78 is 33.9. The predicted molar refractivity (Wildman–Crippen MR) is 122 cm³/mol. The molecule has 1 aliphatic rings. The van der Waals surface area contributed by atoms with Crippen LogP contribution in [0.5, 0.6) is 0 Å². The SMILES string of the molecule is CC(C)(CNc1nc2ccccc2nc1NS(=O)(=O)c1ccccc1)N1CCOCC1. The molecular weight excluding hydrogens is 414 g/mol. The lowest BCUT2D eigenvalue weighted by molar-refractivity contribution is -0.00570. The highest BCUT2D eigenvalue weighted by atomic mass is 32.2. The molecule has 0 aliphatic carbocycles. The highest BCUT2D eigenvalue weighted by Crippen LogP contribution is 2.26. The van der Waals surface area contributed by atoms with Crippen molar-refractivity contribution in [2.45, 2.75) is 24.3 Å². The Kier molecular flexibility index (Phi) is 6.08. The third kappa shape index (κ3) is 4.95. The van der Waals surface area contributed by atoms with E-state index in [9.17, 15) is 8.42 Å². The second-order valence-corrected chi connectivity index (χ2v) is 9.78. The van der Waals surface area contributed by atoms with Gasteiger partial charge in [-0.1, -0.05) is 30.3 Å². The van der Waals surface area contributed by atoms with Gasteiger partial charge in [-0.2, -0.15) is 0 Å². The van der Waals surface area contributed by atoms with Gasteiger partial charge in [-0.15, -0.1) is 0 Å². The Labute approximate surface area is 182 Å². The van der Waals surface area contributed by atoms with Gasteiger partial charge in [-0.05, 0) is 38.1 Å². The van der Waals surface area contributed by atoms with Gasteiger partial charge in [0.1, 0.15) is 0 Å². The maximum absolute atomic E-state index is 12.9. The summed E-state index contributed by atoms with van der Waals surface area (Å²) in [5.41, 5.74) is 1.13. The van der Waals surface area contributed by atoms with Crippen LogP contribution in [-0.4, -0.2) is 61.7 Å². The summed E-state index contributed by atoms with van der Waals surface area (Å²) in [5.74, 6) is 0.583. The number of nitrogens with one attached hydrogen (secondary N) is 2. The van der Waals surface area contributed by atoms with Gasteiger partial charge >= 0.3 is 0 Å². The second kappa shape index (κ2) is 8.78. The topological polar surface area (TPSA) is 96.4 Å². The summed E-state index contributed by atoms with van der Waals surface area (Å²) in [6.45, 7) is 7.99. The van der Waals surface area contributed by atoms with E-state index in [2.05, 4.69) is 38.8 Å². The van der Waals surface area contributed by atoms with E-state index in [1.807, 2.05) is 24.3 Å². The Morgan fingerprint density at radius 2 is 1.52 bits per heavy atom. The number of hydrogen-bond donors (Lipinski definition) is 2. The highest BCUT2D eigenvalue weighted by Gasteiger charge is 2.29. The molecule has 2 N–H and O–H groups in total. The van der Waals surface area contributed by atoms with E-state index in [1.165, 1.54) is 0 Å². The van der Waals surface area contributed by atoms with Crippen molar-refractivity contribution < 1.29 is 13.2 Å². The largest absolute Gasteiger partial charge is 0.379 e. The fourth-order valence-electron chi connectivity index (χ4n) is 3.56. The smallest absolute Gasteiger partial charge is 0.263 e. The van der Waals surface area contributed by atoms with Crippen molar-refractivity contribution in [3.63, 3.8) is 0 Å². The molecule has 0 bridgehead atoms. The third-order valence-electron chi connectivity index (χ3n) is 5.41. The van der Waals surface area contributed by atoms with Crippen molar-refractivity contribution in [2.75, 3.05) is 42.9 Å².